The zero-order chi connectivity index (χ0) is 13.8. The van der Waals surface area contributed by atoms with Crippen LogP contribution >= 0.6 is 0 Å². The van der Waals surface area contributed by atoms with Crippen LogP contribution in [0.15, 0.2) is 12.4 Å². The van der Waals surface area contributed by atoms with Crippen LogP contribution in [0.5, 0.6) is 0 Å². The monoisotopic (exact) mass is 264 g/mol. The maximum absolute atomic E-state index is 10.8. The molecule has 0 saturated carbocycles. The summed E-state index contributed by atoms with van der Waals surface area (Å²) in [5.41, 5.74) is 0.128. The normalized spacial score (nSPS) is 19.1. The highest BCUT2D eigenvalue weighted by Crippen LogP contribution is 2.19. The Morgan fingerprint density at radius 2 is 2.05 bits per heavy atom. The Kier molecular flexibility index (Phi) is 4.31. The van der Waals surface area contributed by atoms with Gasteiger partial charge in [0.2, 0.25) is 5.95 Å². The minimum Gasteiger partial charge on any atom is -0.478 e. The average Bonchev–Trinajstić information content (AvgIpc) is 2.90. The molecule has 1 aliphatic heterocycles. The smallest absolute Gasteiger partial charge is 0.338 e. The van der Waals surface area contributed by atoms with E-state index in [1.165, 1.54) is 12.4 Å². The Hall–Kier alpha value is -1.69. The minimum absolute atomic E-state index is 0.128. The minimum atomic E-state index is -0.992. The number of likely N-dealkylation sites (N-methyl/N-ethyl adjacent to an activating group) is 1. The molecule has 1 atom stereocenters. The molecule has 0 spiro atoms. The van der Waals surface area contributed by atoms with E-state index in [0.717, 1.165) is 32.6 Å². The van der Waals surface area contributed by atoms with Crippen LogP contribution in [0.4, 0.5) is 5.95 Å². The molecule has 0 bridgehead atoms. The topological polar surface area (TPSA) is 69.6 Å². The molecule has 1 aliphatic rings. The molecule has 19 heavy (non-hydrogen) atoms. The van der Waals surface area contributed by atoms with Crippen molar-refractivity contribution < 1.29 is 9.90 Å². The van der Waals surface area contributed by atoms with E-state index in [9.17, 15) is 4.79 Å². The van der Waals surface area contributed by atoms with Crippen molar-refractivity contribution in [3.05, 3.63) is 18.0 Å². The Morgan fingerprint density at radius 3 is 2.58 bits per heavy atom. The lowest BCUT2D eigenvalue weighted by Gasteiger charge is -2.26. The predicted molar refractivity (Wildman–Crippen MR) is 72.5 cm³/mol. The van der Waals surface area contributed by atoms with Crippen LogP contribution in [0, 0.1) is 0 Å². The highest BCUT2D eigenvalue weighted by atomic mass is 16.4. The lowest BCUT2D eigenvalue weighted by molar-refractivity contribution is 0.0696. The van der Waals surface area contributed by atoms with Crippen LogP contribution in [0.3, 0.4) is 0 Å². The summed E-state index contributed by atoms with van der Waals surface area (Å²) >= 11 is 0. The van der Waals surface area contributed by atoms with Crippen molar-refractivity contribution in [2.75, 3.05) is 31.1 Å². The second kappa shape index (κ2) is 5.97. The van der Waals surface area contributed by atoms with Crippen LogP contribution in [-0.2, 0) is 0 Å². The first-order valence-corrected chi connectivity index (χ1v) is 6.70. The fourth-order valence-corrected chi connectivity index (χ4v) is 2.56. The second-order valence-electron chi connectivity index (χ2n) is 4.69. The van der Waals surface area contributed by atoms with Gasteiger partial charge in [-0.1, -0.05) is 13.8 Å². The number of carboxylic acids is 1. The molecule has 6 heteroatoms. The molecule has 0 amide bonds. The predicted octanol–water partition coefficient (Wildman–Crippen LogP) is 1.10. The number of aromatic nitrogens is 2. The van der Waals surface area contributed by atoms with Crippen molar-refractivity contribution in [3.8, 4) is 0 Å². The van der Waals surface area contributed by atoms with Gasteiger partial charge in [0, 0.05) is 31.5 Å². The van der Waals surface area contributed by atoms with Gasteiger partial charge in [-0.2, -0.15) is 0 Å². The van der Waals surface area contributed by atoms with Gasteiger partial charge in [-0.05, 0) is 19.5 Å². The highest BCUT2D eigenvalue weighted by molar-refractivity contribution is 5.86. The Bertz CT molecular complexity index is 431. The quantitative estimate of drug-likeness (QED) is 0.858. The first kappa shape index (κ1) is 13.7. The van der Waals surface area contributed by atoms with E-state index < -0.39 is 5.97 Å². The molecule has 1 aromatic rings. The van der Waals surface area contributed by atoms with Gasteiger partial charge in [-0.3, -0.25) is 4.90 Å². The molecular formula is C13H20N4O2. The largest absolute Gasteiger partial charge is 0.478 e. The molecular weight excluding hydrogens is 244 g/mol. The maximum atomic E-state index is 10.8. The molecule has 0 radical (unpaired) electrons. The number of rotatable bonds is 5. The zero-order valence-corrected chi connectivity index (χ0v) is 11.4. The molecule has 1 saturated heterocycles. The van der Waals surface area contributed by atoms with Gasteiger partial charge in [-0.25, -0.2) is 14.8 Å². The van der Waals surface area contributed by atoms with Crippen molar-refractivity contribution in [1.82, 2.24) is 14.9 Å². The van der Waals surface area contributed by atoms with Crippen molar-refractivity contribution in [2.45, 2.75) is 26.3 Å². The van der Waals surface area contributed by atoms with Crippen molar-refractivity contribution in [1.29, 1.82) is 0 Å². The summed E-state index contributed by atoms with van der Waals surface area (Å²) in [5.74, 6) is -0.367. The lowest BCUT2D eigenvalue weighted by Crippen LogP contribution is -2.37. The van der Waals surface area contributed by atoms with Crippen LogP contribution < -0.4 is 4.90 Å². The second-order valence-corrected chi connectivity index (χ2v) is 4.69. The number of hydrogen-bond donors (Lipinski definition) is 1. The Morgan fingerprint density at radius 1 is 1.42 bits per heavy atom. The third kappa shape index (κ3) is 3.01. The molecule has 1 unspecified atom stereocenters. The fourth-order valence-electron chi connectivity index (χ4n) is 2.56. The standard InChI is InChI=1S/C13H20N4O2/c1-3-16(4-2)11-5-6-17(9-11)13-14-7-10(8-15-13)12(18)19/h7-8,11H,3-6,9H2,1-2H3,(H,18,19). The molecule has 2 rings (SSSR count). The van der Waals surface area contributed by atoms with Crippen LogP contribution in [-0.4, -0.2) is 58.2 Å². The number of nitrogens with zero attached hydrogens (tertiary/aromatic N) is 4. The Labute approximate surface area is 113 Å². The summed E-state index contributed by atoms with van der Waals surface area (Å²) in [5, 5.41) is 8.82. The Balaban J connectivity index is 2.02. The molecule has 1 aromatic heterocycles. The number of carboxylic acid groups (broad SMARTS) is 1. The summed E-state index contributed by atoms with van der Waals surface area (Å²) in [4.78, 5) is 23.6. The third-order valence-electron chi connectivity index (χ3n) is 3.66. The summed E-state index contributed by atoms with van der Waals surface area (Å²) < 4.78 is 0. The van der Waals surface area contributed by atoms with E-state index in [1.807, 2.05) is 0 Å². The summed E-state index contributed by atoms with van der Waals surface area (Å²) in [7, 11) is 0. The van der Waals surface area contributed by atoms with Crippen LogP contribution in [0.1, 0.15) is 30.6 Å². The SMILES string of the molecule is CCN(CC)C1CCN(c2ncc(C(=O)O)cn2)C1. The summed E-state index contributed by atoms with van der Waals surface area (Å²) in [6.45, 7) is 8.28. The number of carbonyl (C=O) groups is 1. The molecule has 6 nitrogen and oxygen atoms in total. The molecule has 1 fully saturated rings. The first-order valence-electron chi connectivity index (χ1n) is 6.70. The molecule has 0 aliphatic carbocycles. The molecule has 2 heterocycles. The van der Waals surface area contributed by atoms with Crippen LogP contribution in [0.2, 0.25) is 0 Å². The van der Waals surface area contributed by atoms with Gasteiger partial charge in [0.15, 0.2) is 0 Å². The first-order chi connectivity index (χ1) is 9.15. The van der Waals surface area contributed by atoms with Gasteiger partial charge in [0.05, 0.1) is 5.56 Å². The number of anilines is 1. The number of aromatic carboxylic acids is 1. The van der Waals surface area contributed by atoms with Crippen molar-refractivity contribution in [3.63, 3.8) is 0 Å². The van der Waals surface area contributed by atoms with Crippen molar-refractivity contribution >= 4 is 11.9 Å². The third-order valence-corrected chi connectivity index (χ3v) is 3.66. The molecule has 1 N–H and O–H groups in total. The lowest BCUT2D eigenvalue weighted by atomic mass is 10.2. The van der Waals surface area contributed by atoms with E-state index in [1.54, 1.807) is 0 Å². The number of hydrogen-bond acceptors (Lipinski definition) is 5. The van der Waals surface area contributed by atoms with Gasteiger partial charge in [0.1, 0.15) is 0 Å². The molecule has 0 aromatic carbocycles. The van der Waals surface area contributed by atoms with E-state index in [0.29, 0.717) is 12.0 Å². The zero-order valence-electron chi connectivity index (χ0n) is 11.4. The van der Waals surface area contributed by atoms with E-state index in [4.69, 9.17) is 5.11 Å². The fraction of sp³-hybridized carbons (Fsp3) is 0.615. The molecule has 104 valence electrons. The van der Waals surface area contributed by atoms with Gasteiger partial charge in [-0.15, -0.1) is 0 Å². The average molecular weight is 264 g/mol. The summed E-state index contributed by atoms with van der Waals surface area (Å²) in [6, 6.07) is 0.540. The van der Waals surface area contributed by atoms with Gasteiger partial charge >= 0.3 is 5.97 Å². The highest BCUT2D eigenvalue weighted by Gasteiger charge is 2.27. The van der Waals surface area contributed by atoms with E-state index in [-0.39, 0.29) is 5.56 Å². The van der Waals surface area contributed by atoms with E-state index in [2.05, 4.69) is 33.6 Å². The van der Waals surface area contributed by atoms with Crippen molar-refractivity contribution in [2.24, 2.45) is 0 Å². The maximum Gasteiger partial charge on any atom is 0.338 e. The van der Waals surface area contributed by atoms with Crippen LogP contribution in [0.25, 0.3) is 0 Å². The van der Waals surface area contributed by atoms with E-state index >= 15 is 0 Å². The van der Waals surface area contributed by atoms with Gasteiger partial charge < -0.3 is 10.0 Å². The van der Waals surface area contributed by atoms with Gasteiger partial charge in [0.25, 0.3) is 0 Å². The summed E-state index contributed by atoms with van der Waals surface area (Å²) in [6.07, 6.45) is 3.84.